The molecule has 0 aromatic carbocycles. The van der Waals surface area contributed by atoms with Crippen molar-refractivity contribution >= 4 is 0 Å². The molecule has 0 aliphatic carbocycles. The third-order valence-corrected chi connectivity index (χ3v) is 8.05. The largest absolute Gasteiger partial charge is 0.0891 e. The SMILES string of the molecule is [C]#CCCCCCCCCCCCCCCCCCCCCCCCCCCCCCCCCC[CH2]. The molecule has 0 amide bonds. The lowest BCUT2D eigenvalue weighted by Crippen LogP contribution is -1.85. The Balaban J connectivity index is 3.01. The van der Waals surface area contributed by atoms with Crippen molar-refractivity contribution in [1.82, 2.24) is 0 Å². The second kappa shape index (κ2) is 34.6. The average molecular weight is 501 g/mol. The lowest BCUT2D eigenvalue weighted by Gasteiger charge is -2.04. The highest BCUT2D eigenvalue weighted by Crippen LogP contribution is 2.16. The summed E-state index contributed by atoms with van der Waals surface area (Å²) in [6.45, 7) is 3.92. The zero-order valence-electron chi connectivity index (χ0n) is 25.0. The van der Waals surface area contributed by atoms with Crippen LogP contribution in [0.15, 0.2) is 0 Å². The Morgan fingerprint density at radius 3 is 0.611 bits per heavy atom. The number of hydrogen-bond donors (Lipinski definition) is 0. The van der Waals surface area contributed by atoms with Crippen molar-refractivity contribution in [3.63, 3.8) is 0 Å². The van der Waals surface area contributed by atoms with Crippen LogP contribution in [0.25, 0.3) is 0 Å². The van der Waals surface area contributed by atoms with Gasteiger partial charge in [0.2, 0.25) is 0 Å². The van der Waals surface area contributed by atoms with Gasteiger partial charge in [-0.15, -0.1) is 0 Å². The highest BCUT2D eigenvalue weighted by Gasteiger charge is 1.97. The maximum absolute atomic E-state index is 6.91. The standard InChI is InChI=1S/C36H68/c1-3-5-7-9-11-13-15-17-19-21-23-25-27-29-31-33-35-36-34-32-30-28-26-24-22-20-18-16-14-12-10-8-6-4-2/h1,3,5-36H2. The molecule has 36 heavy (non-hydrogen) atoms. The van der Waals surface area contributed by atoms with Gasteiger partial charge in [-0.2, -0.15) is 0 Å². The molecule has 0 aliphatic rings. The minimum absolute atomic E-state index is 0.860. The van der Waals surface area contributed by atoms with Gasteiger partial charge in [0.1, 0.15) is 0 Å². The van der Waals surface area contributed by atoms with Crippen LogP contribution in [0.3, 0.4) is 0 Å². The topological polar surface area (TPSA) is 0 Å². The Morgan fingerprint density at radius 1 is 0.278 bits per heavy atom. The fourth-order valence-electron chi connectivity index (χ4n) is 5.52. The lowest BCUT2D eigenvalue weighted by atomic mass is 10.0. The zero-order chi connectivity index (χ0) is 26.0. The van der Waals surface area contributed by atoms with Gasteiger partial charge in [0, 0.05) is 6.42 Å². The molecule has 0 rings (SSSR count). The molecule has 0 heteroatoms. The third kappa shape index (κ3) is 33.6. The summed E-state index contributed by atoms with van der Waals surface area (Å²) in [6.07, 6.45) is 53.6. The second-order valence-corrected chi connectivity index (χ2v) is 11.7. The molecule has 0 heterocycles. The summed E-state index contributed by atoms with van der Waals surface area (Å²) in [4.78, 5) is 0. The fourth-order valence-corrected chi connectivity index (χ4v) is 5.52. The van der Waals surface area contributed by atoms with E-state index >= 15 is 0 Å². The van der Waals surface area contributed by atoms with Gasteiger partial charge in [-0.05, 0) is 12.8 Å². The predicted molar refractivity (Wildman–Crippen MR) is 165 cm³/mol. The normalized spacial score (nSPS) is 11.2. The molecule has 0 aliphatic heterocycles. The third-order valence-electron chi connectivity index (χ3n) is 8.05. The smallest absolute Gasteiger partial charge is 0.00989 e. The van der Waals surface area contributed by atoms with Crippen molar-refractivity contribution in [2.75, 3.05) is 0 Å². The van der Waals surface area contributed by atoms with E-state index in [2.05, 4.69) is 12.8 Å². The van der Waals surface area contributed by atoms with Crippen LogP contribution in [0.5, 0.6) is 0 Å². The van der Waals surface area contributed by atoms with Gasteiger partial charge in [-0.1, -0.05) is 212 Å². The van der Waals surface area contributed by atoms with Gasteiger partial charge in [-0.3, -0.25) is 0 Å². The van der Waals surface area contributed by atoms with Crippen LogP contribution in [0.1, 0.15) is 212 Å². The van der Waals surface area contributed by atoms with Gasteiger partial charge in [0.25, 0.3) is 0 Å². The molecule has 0 bridgehead atoms. The van der Waals surface area contributed by atoms with Crippen LogP contribution in [-0.2, 0) is 0 Å². The Labute approximate surface area is 231 Å². The zero-order valence-corrected chi connectivity index (χ0v) is 25.0. The molecule has 0 unspecified atom stereocenters. The minimum Gasteiger partial charge on any atom is -0.0891 e. The number of unbranched alkanes of at least 4 members (excludes halogenated alkanes) is 32. The molecule has 0 N–H and O–H groups in total. The van der Waals surface area contributed by atoms with Crippen molar-refractivity contribution in [2.45, 2.75) is 212 Å². The Morgan fingerprint density at radius 2 is 0.444 bits per heavy atom. The summed E-state index contributed by atoms with van der Waals surface area (Å²) >= 11 is 0. The summed E-state index contributed by atoms with van der Waals surface area (Å²) in [5.74, 6) is 2.49. The van der Waals surface area contributed by atoms with E-state index in [1.165, 1.54) is 199 Å². The van der Waals surface area contributed by atoms with Crippen LogP contribution >= 0.6 is 0 Å². The molecule has 212 valence electrons. The van der Waals surface area contributed by atoms with Crippen LogP contribution in [0.4, 0.5) is 0 Å². The molecule has 2 radical (unpaired) electrons. The molecular weight excluding hydrogens is 432 g/mol. The molecule has 0 atom stereocenters. The van der Waals surface area contributed by atoms with Crippen molar-refractivity contribution in [3.05, 3.63) is 13.3 Å². The van der Waals surface area contributed by atoms with E-state index in [1.807, 2.05) is 0 Å². The van der Waals surface area contributed by atoms with Crippen molar-refractivity contribution in [2.24, 2.45) is 0 Å². The van der Waals surface area contributed by atoms with Crippen molar-refractivity contribution in [3.8, 4) is 5.92 Å². The Hall–Kier alpha value is -0.440. The quantitative estimate of drug-likeness (QED) is 0.0636. The van der Waals surface area contributed by atoms with Gasteiger partial charge in [0.15, 0.2) is 0 Å². The van der Waals surface area contributed by atoms with E-state index in [9.17, 15) is 0 Å². The first-order valence-corrected chi connectivity index (χ1v) is 17.1. The first-order valence-electron chi connectivity index (χ1n) is 17.1. The summed E-state index contributed by atoms with van der Waals surface area (Å²) in [7, 11) is 0. The van der Waals surface area contributed by atoms with Crippen molar-refractivity contribution < 1.29 is 0 Å². The van der Waals surface area contributed by atoms with E-state index in [1.54, 1.807) is 0 Å². The molecular formula is C36H68. The maximum atomic E-state index is 6.91. The maximum Gasteiger partial charge on any atom is 0.00989 e. The molecule has 0 saturated heterocycles. The van der Waals surface area contributed by atoms with Gasteiger partial charge in [-0.25, -0.2) is 0 Å². The van der Waals surface area contributed by atoms with Gasteiger partial charge >= 0.3 is 0 Å². The van der Waals surface area contributed by atoms with E-state index in [0.717, 1.165) is 12.8 Å². The Bertz CT molecular complexity index is 403. The number of hydrogen-bond acceptors (Lipinski definition) is 0. The Kier molecular flexibility index (Phi) is 34.1. The van der Waals surface area contributed by atoms with Crippen LogP contribution in [-0.4, -0.2) is 0 Å². The lowest BCUT2D eigenvalue weighted by molar-refractivity contribution is 0.512. The summed E-state index contributed by atoms with van der Waals surface area (Å²) < 4.78 is 0. The highest BCUT2D eigenvalue weighted by atomic mass is 14.0. The van der Waals surface area contributed by atoms with Gasteiger partial charge in [0.05, 0.1) is 0 Å². The number of rotatable bonds is 32. The summed E-state index contributed by atoms with van der Waals surface area (Å²) in [6, 6.07) is 0. The molecule has 0 aromatic rings. The van der Waals surface area contributed by atoms with E-state index in [4.69, 9.17) is 6.42 Å². The van der Waals surface area contributed by atoms with E-state index in [0.29, 0.717) is 0 Å². The molecule has 0 nitrogen and oxygen atoms in total. The first kappa shape index (κ1) is 35.6. The summed E-state index contributed by atoms with van der Waals surface area (Å²) in [5, 5.41) is 0. The molecule has 0 fully saturated rings. The van der Waals surface area contributed by atoms with Crippen LogP contribution in [0.2, 0.25) is 0 Å². The highest BCUT2D eigenvalue weighted by molar-refractivity contribution is 4.74. The molecule has 0 spiro atoms. The van der Waals surface area contributed by atoms with Crippen LogP contribution < -0.4 is 0 Å². The fraction of sp³-hybridized carbons (Fsp3) is 0.917. The average Bonchev–Trinajstić information content (AvgIpc) is 2.89. The van der Waals surface area contributed by atoms with E-state index < -0.39 is 0 Å². The summed E-state index contributed by atoms with van der Waals surface area (Å²) in [5.41, 5.74) is 0. The van der Waals surface area contributed by atoms with Crippen molar-refractivity contribution in [1.29, 1.82) is 0 Å². The molecule has 0 saturated carbocycles. The van der Waals surface area contributed by atoms with Crippen LogP contribution in [0, 0.1) is 19.3 Å². The minimum atomic E-state index is 0.860. The second-order valence-electron chi connectivity index (χ2n) is 11.7. The predicted octanol–water partition coefficient (Wildman–Crippen LogP) is 13.3. The van der Waals surface area contributed by atoms with E-state index in [-0.39, 0.29) is 0 Å². The molecule has 0 aromatic heterocycles. The van der Waals surface area contributed by atoms with Gasteiger partial charge < -0.3 is 0 Å². The first-order chi connectivity index (χ1) is 17.9. The monoisotopic (exact) mass is 501 g/mol.